The average Bonchev–Trinajstić information content (AvgIpc) is 2.87. The first-order chi connectivity index (χ1) is 16.8. The highest BCUT2D eigenvalue weighted by molar-refractivity contribution is 6.30. The van der Waals surface area contributed by atoms with Crippen molar-refractivity contribution in [2.45, 2.75) is 6.92 Å². The molecular formula is C28H21ClN2O4. The van der Waals surface area contributed by atoms with Gasteiger partial charge in [0.1, 0.15) is 5.69 Å². The number of ketones is 2. The molecule has 4 aromatic rings. The van der Waals surface area contributed by atoms with Crippen molar-refractivity contribution in [3.8, 4) is 0 Å². The zero-order chi connectivity index (χ0) is 25.1. The minimum atomic E-state index is -1.29. The Morgan fingerprint density at radius 3 is 2.20 bits per heavy atom. The molecule has 4 rings (SSSR count). The summed E-state index contributed by atoms with van der Waals surface area (Å²) in [6.45, 7) is 1.95. The number of rotatable bonds is 7. The van der Waals surface area contributed by atoms with Crippen LogP contribution in [0.5, 0.6) is 0 Å². The van der Waals surface area contributed by atoms with Crippen LogP contribution in [0.1, 0.15) is 47.9 Å². The van der Waals surface area contributed by atoms with E-state index in [0.29, 0.717) is 10.6 Å². The highest BCUT2D eigenvalue weighted by Gasteiger charge is 2.21. The molecule has 0 aliphatic heterocycles. The topological polar surface area (TPSA) is 87.6 Å². The fourth-order valence-electron chi connectivity index (χ4n) is 3.81. The molecule has 1 aromatic heterocycles. The second kappa shape index (κ2) is 9.91. The molecule has 7 heteroatoms. The molecule has 0 amide bonds. The first-order valence-electron chi connectivity index (χ1n) is 10.7. The number of aromatic carboxylic acids is 1. The molecule has 1 N–H and O–H groups in total. The van der Waals surface area contributed by atoms with Crippen molar-refractivity contribution in [3.63, 3.8) is 0 Å². The molecule has 0 bridgehead atoms. The van der Waals surface area contributed by atoms with Crippen LogP contribution in [0.25, 0.3) is 0 Å². The largest absolute Gasteiger partial charge is 0.478 e. The Labute approximate surface area is 207 Å². The van der Waals surface area contributed by atoms with Crippen molar-refractivity contribution in [1.82, 2.24) is 4.98 Å². The van der Waals surface area contributed by atoms with E-state index in [9.17, 15) is 19.5 Å². The van der Waals surface area contributed by atoms with Gasteiger partial charge in [-0.3, -0.25) is 14.6 Å². The fraction of sp³-hybridized carbons (Fsp3) is 0.0714. The average molecular weight is 485 g/mol. The maximum absolute atomic E-state index is 13.0. The van der Waals surface area contributed by atoms with Crippen LogP contribution < -0.4 is 4.90 Å². The summed E-state index contributed by atoms with van der Waals surface area (Å²) < 4.78 is 0. The third-order valence-corrected chi connectivity index (χ3v) is 5.92. The smallest absolute Gasteiger partial charge is 0.336 e. The maximum Gasteiger partial charge on any atom is 0.336 e. The summed E-state index contributed by atoms with van der Waals surface area (Å²) in [7, 11) is 1.89. The number of benzene rings is 3. The van der Waals surface area contributed by atoms with Gasteiger partial charge in [0.2, 0.25) is 5.78 Å². The summed E-state index contributed by atoms with van der Waals surface area (Å²) in [5.74, 6) is -2.16. The molecule has 0 atom stereocenters. The molecular weight excluding hydrogens is 464 g/mol. The van der Waals surface area contributed by atoms with Crippen LogP contribution >= 0.6 is 11.6 Å². The number of carboxylic acids is 1. The number of hydrogen-bond acceptors (Lipinski definition) is 5. The Bertz CT molecular complexity index is 1430. The Hall–Kier alpha value is -4.29. The number of carbonyl (C=O) groups excluding carboxylic acids is 2. The van der Waals surface area contributed by atoms with Gasteiger partial charge in [-0.25, -0.2) is 4.79 Å². The fourth-order valence-corrected chi connectivity index (χ4v) is 4.03. The van der Waals surface area contributed by atoms with Crippen LogP contribution in [-0.4, -0.2) is 34.7 Å². The van der Waals surface area contributed by atoms with E-state index < -0.39 is 17.5 Å². The maximum atomic E-state index is 13.0. The number of carbonyl (C=O) groups is 3. The van der Waals surface area contributed by atoms with E-state index >= 15 is 0 Å². The SMILES string of the molecule is Cc1cc(Cl)ccc1N(C)c1ccc(C(=O)c2ccc(C(=O)c3ccccc3)c(C(=O)O)c2)nc1. The summed E-state index contributed by atoms with van der Waals surface area (Å²) >= 11 is 6.05. The summed E-state index contributed by atoms with van der Waals surface area (Å²) in [4.78, 5) is 44.0. The molecule has 35 heavy (non-hydrogen) atoms. The molecule has 0 unspecified atom stereocenters. The number of anilines is 2. The monoisotopic (exact) mass is 484 g/mol. The molecule has 0 fully saturated rings. The summed E-state index contributed by atoms with van der Waals surface area (Å²) in [6.07, 6.45) is 1.58. The summed E-state index contributed by atoms with van der Waals surface area (Å²) in [6, 6.07) is 21.4. The highest BCUT2D eigenvalue weighted by Crippen LogP contribution is 2.28. The Kier molecular flexibility index (Phi) is 6.75. The third-order valence-electron chi connectivity index (χ3n) is 5.68. The van der Waals surface area contributed by atoms with Crippen molar-refractivity contribution >= 4 is 40.5 Å². The molecule has 174 valence electrons. The predicted molar refractivity (Wildman–Crippen MR) is 135 cm³/mol. The van der Waals surface area contributed by atoms with Crippen molar-refractivity contribution in [2.75, 3.05) is 11.9 Å². The molecule has 0 aliphatic rings. The van der Waals surface area contributed by atoms with Gasteiger partial charge in [-0.05, 0) is 55.0 Å². The van der Waals surface area contributed by atoms with Crippen LogP contribution in [0.2, 0.25) is 5.02 Å². The van der Waals surface area contributed by atoms with Gasteiger partial charge >= 0.3 is 5.97 Å². The first kappa shape index (κ1) is 23.9. The minimum Gasteiger partial charge on any atom is -0.478 e. The van der Waals surface area contributed by atoms with Gasteiger partial charge in [-0.1, -0.05) is 48.0 Å². The Morgan fingerprint density at radius 1 is 0.829 bits per heavy atom. The van der Waals surface area contributed by atoms with Crippen molar-refractivity contribution in [3.05, 3.63) is 124 Å². The quantitative estimate of drug-likeness (QED) is 0.325. The lowest BCUT2D eigenvalue weighted by molar-refractivity contribution is 0.0692. The lowest BCUT2D eigenvalue weighted by Crippen LogP contribution is -2.14. The van der Waals surface area contributed by atoms with Gasteiger partial charge in [0.25, 0.3) is 0 Å². The van der Waals surface area contributed by atoms with Crippen molar-refractivity contribution < 1.29 is 19.5 Å². The van der Waals surface area contributed by atoms with Crippen LogP contribution in [-0.2, 0) is 0 Å². The van der Waals surface area contributed by atoms with E-state index in [4.69, 9.17) is 11.6 Å². The number of aromatic nitrogens is 1. The van der Waals surface area contributed by atoms with Crippen LogP contribution in [0.15, 0.2) is 85.1 Å². The zero-order valence-corrected chi connectivity index (χ0v) is 19.8. The van der Waals surface area contributed by atoms with Gasteiger partial charge in [-0.2, -0.15) is 0 Å². The zero-order valence-electron chi connectivity index (χ0n) is 19.0. The number of hydrogen-bond donors (Lipinski definition) is 1. The number of halogens is 1. The van der Waals surface area contributed by atoms with E-state index in [1.807, 2.05) is 31.0 Å². The normalized spacial score (nSPS) is 10.6. The molecule has 0 saturated heterocycles. The van der Waals surface area contributed by atoms with Gasteiger partial charge in [0.05, 0.1) is 17.4 Å². The number of nitrogens with zero attached hydrogens (tertiary/aromatic N) is 2. The summed E-state index contributed by atoms with van der Waals surface area (Å²) in [5.41, 5.74) is 3.14. The lowest BCUT2D eigenvalue weighted by Gasteiger charge is -2.21. The first-order valence-corrected chi connectivity index (χ1v) is 11.1. The van der Waals surface area contributed by atoms with E-state index in [1.54, 1.807) is 54.7 Å². The predicted octanol–water partition coefficient (Wildman–Crippen LogP) is 5.97. The lowest BCUT2D eigenvalue weighted by atomic mass is 9.95. The molecule has 1 heterocycles. The standard InChI is InChI=1S/C28H21ClN2O4/c1-17-14-20(29)9-13-25(17)31(2)21-10-12-24(30-16-21)27(33)19-8-11-22(23(15-19)28(34)35)26(32)18-6-4-3-5-7-18/h3-16H,1-2H3,(H,34,35). The molecule has 0 aliphatic carbocycles. The van der Waals surface area contributed by atoms with Crippen LogP contribution in [0, 0.1) is 6.92 Å². The van der Waals surface area contributed by atoms with Gasteiger partial charge in [-0.15, -0.1) is 0 Å². The van der Waals surface area contributed by atoms with Crippen molar-refractivity contribution in [2.24, 2.45) is 0 Å². The molecule has 0 saturated carbocycles. The highest BCUT2D eigenvalue weighted by atomic mass is 35.5. The van der Waals surface area contributed by atoms with E-state index in [0.717, 1.165) is 16.9 Å². The van der Waals surface area contributed by atoms with E-state index in [-0.39, 0.29) is 22.4 Å². The Morgan fingerprint density at radius 2 is 1.57 bits per heavy atom. The van der Waals surface area contributed by atoms with Crippen molar-refractivity contribution in [1.29, 1.82) is 0 Å². The van der Waals surface area contributed by atoms with Gasteiger partial charge in [0, 0.05) is 34.4 Å². The second-order valence-corrected chi connectivity index (χ2v) is 8.42. The third kappa shape index (κ3) is 4.98. The second-order valence-electron chi connectivity index (χ2n) is 7.98. The Balaban J connectivity index is 1.61. The van der Waals surface area contributed by atoms with E-state index in [1.165, 1.54) is 18.2 Å². The van der Waals surface area contributed by atoms with Gasteiger partial charge < -0.3 is 10.0 Å². The van der Waals surface area contributed by atoms with Crippen LogP contribution in [0.4, 0.5) is 11.4 Å². The van der Waals surface area contributed by atoms with E-state index in [2.05, 4.69) is 4.98 Å². The van der Waals surface area contributed by atoms with Crippen LogP contribution in [0.3, 0.4) is 0 Å². The minimum absolute atomic E-state index is 0.0171. The number of aryl methyl sites for hydroxylation is 1. The molecule has 0 spiro atoms. The van der Waals surface area contributed by atoms with Gasteiger partial charge in [0.15, 0.2) is 5.78 Å². The number of carboxylic acid groups (broad SMARTS) is 1. The number of pyridine rings is 1. The summed E-state index contributed by atoms with van der Waals surface area (Å²) in [5, 5.41) is 10.3. The molecule has 6 nitrogen and oxygen atoms in total. The molecule has 3 aromatic carbocycles. The molecule has 0 radical (unpaired) electrons.